The number of rotatable bonds is 3. The molecule has 19 heavy (non-hydrogen) atoms. The third-order valence-corrected chi connectivity index (χ3v) is 4.27. The largest absolute Gasteiger partial charge is 0.310 e. The van der Waals surface area contributed by atoms with E-state index in [1.54, 1.807) is 0 Å². The Labute approximate surface area is 113 Å². The van der Waals surface area contributed by atoms with Crippen molar-refractivity contribution >= 4 is 11.7 Å². The van der Waals surface area contributed by atoms with Gasteiger partial charge in [-0.05, 0) is 32.6 Å². The van der Waals surface area contributed by atoms with Gasteiger partial charge >= 0.3 is 0 Å². The van der Waals surface area contributed by atoms with Gasteiger partial charge in [-0.3, -0.25) is 4.79 Å². The third kappa shape index (κ3) is 2.44. The molecule has 0 radical (unpaired) electrons. The summed E-state index contributed by atoms with van der Waals surface area (Å²) in [4.78, 5) is 12.2. The normalized spacial score (nSPS) is 20.3. The van der Waals surface area contributed by atoms with Crippen molar-refractivity contribution in [3.63, 3.8) is 0 Å². The molecule has 1 saturated carbocycles. The minimum atomic E-state index is 0.103. The molecule has 4 nitrogen and oxygen atoms in total. The summed E-state index contributed by atoms with van der Waals surface area (Å²) in [6, 6.07) is 0.464. The molecule has 0 aliphatic heterocycles. The Bertz CT molecular complexity index is 489. The summed E-state index contributed by atoms with van der Waals surface area (Å²) in [5, 5.41) is 7.56. The molecule has 1 N–H and O–H groups in total. The summed E-state index contributed by atoms with van der Waals surface area (Å²) < 4.78 is 2.03. The predicted octanol–water partition coefficient (Wildman–Crippen LogP) is 3.21. The zero-order valence-electron chi connectivity index (χ0n) is 11.4. The highest BCUT2D eigenvalue weighted by Gasteiger charge is 2.25. The Hall–Kier alpha value is -1.58. The van der Waals surface area contributed by atoms with Crippen LogP contribution < -0.4 is 5.32 Å². The molecule has 3 rings (SSSR count). The van der Waals surface area contributed by atoms with Crippen LogP contribution in [0.4, 0.5) is 5.82 Å². The topological polar surface area (TPSA) is 46.9 Å². The summed E-state index contributed by atoms with van der Waals surface area (Å²) >= 11 is 0. The van der Waals surface area contributed by atoms with Crippen LogP contribution in [-0.4, -0.2) is 15.7 Å². The van der Waals surface area contributed by atoms with Crippen LogP contribution in [0.3, 0.4) is 0 Å². The van der Waals surface area contributed by atoms with Crippen LogP contribution in [-0.2, 0) is 4.79 Å². The average Bonchev–Trinajstić information content (AvgIpc) is 3.10. The summed E-state index contributed by atoms with van der Waals surface area (Å²) in [6.45, 7) is 2.01. The van der Waals surface area contributed by atoms with Crippen LogP contribution in [0.5, 0.6) is 0 Å². The highest BCUT2D eigenvalue weighted by molar-refractivity contribution is 5.92. The number of anilines is 1. The molecule has 0 bridgehead atoms. The zero-order valence-corrected chi connectivity index (χ0v) is 11.4. The SMILES string of the molecule is Cc1cnn(C2CCCC2)c1NC(=O)C1CC=CC1. The van der Waals surface area contributed by atoms with E-state index < -0.39 is 0 Å². The third-order valence-electron chi connectivity index (χ3n) is 4.27. The van der Waals surface area contributed by atoms with Gasteiger partial charge in [-0.25, -0.2) is 4.68 Å². The van der Waals surface area contributed by atoms with E-state index in [1.165, 1.54) is 25.7 Å². The van der Waals surface area contributed by atoms with E-state index in [4.69, 9.17) is 0 Å². The first-order chi connectivity index (χ1) is 9.25. The Kier molecular flexibility index (Phi) is 3.40. The molecule has 0 saturated heterocycles. The number of allylic oxidation sites excluding steroid dienone is 2. The van der Waals surface area contributed by atoms with Crippen molar-refractivity contribution in [1.82, 2.24) is 9.78 Å². The molecule has 1 amide bonds. The van der Waals surface area contributed by atoms with E-state index in [0.717, 1.165) is 24.2 Å². The first-order valence-corrected chi connectivity index (χ1v) is 7.25. The van der Waals surface area contributed by atoms with E-state index in [0.29, 0.717) is 6.04 Å². The van der Waals surface area contributed by atoms with Crippen molar-refractivity contribution in [2.75, 3.05) is 5.32 Å². The van der Waals surface area contributed by atoms with E-state index in [9.17, 15) is 4.79 Å². The van der Waals surface area contributed by atoms with Crippen molar-refractivity contribution in [3.8, 4) is 0 Å². The predicted molar refractivity (Wildman–Crippen MR) is 75.0 cm³/mol. The van der Waals surface area contributed by atoms with Crippen molar-refractivity contribution in [2.24, 2.45) is 5.92 Å². The molecule has 102 valence electrons. The first kappa shape index (κ1) is 12.5. The second kappa shape index (κ2) is 5.19. The molecular weight excluding hydrogens is 238 g/mol. The van der Waals surface area contributed by atoms with E-state index in [2.05, 4.69) is 22.6 Å². The van der Waals surface area contributed by atoms with Crippen LogP contribution >= 0.6 is 0 Å². The maximum absolute atomic E-state index is 12.2. The number of hydrogen-bond donors (Lipinski definition) is 1. The quantitative estimate of drug-likeness (QED) is 0.847. The number of carbonyl (C=O) groups is 1. The number of aromatic nitrogens is 2. The average molecular weight is 259 g/mol. The molecule has 1 aromatic heterocycles. The maximum atomic E-state index is 12.2. The van der Waals surface area contributed by atoms with Gasteiger partial charge in [-0.1, -0.05) is 25.0 Å². The molecule has 0 spiro atoms. The van der Waals surface area contributed by atoms with Crippen molar-refractivity contribution in [3.05, 3.63) is 23.9 Å². The van der Waals surface area contributed by atoms with Crippen molar-refractivity contribution in [2.45, 2.75) is 51.5 Å². The molecule has 1 aromatic rings. The Morgan fingerprint density at radius 1 is 1.32 bits per heavy atom. The first-order valence-electron chi connectivity index (χ1n) is 7.25. The van der Waals surface area contributed by atoms with E-state index in [-0.39, 0.29) is 11.8 Å². The monoisotopic (exact) mass is 259 g/mol. The van der Waals surface area contributed by atoms with Gasteiger partial charge in [0.25, 0.3) is 0 Å². The number of hydrogen-bond acceptors (Lipinski definition) is 2. The van der Waals surface area contributed by atoms with Gasteiger partial charge in [0.05, 0.1) is 12.2 Å². The number of amides is 1. The smallest absolute Gasteiger partial charge is 0.229 e. The van der Waals surface area contributed by atoms with Crippen LogP contribution in [0.15, 0.2) is 18.3 Å². The van der Waals surface area contributed by atoms with Gasteiger partial charge in [0.1, 0.15) is 5.82 Å². The van der Waals surface area contributed by atoms with Crippen molar-refractivity contribution in [1.29, 1.82) is 0 Å². The summed E-state index contributed by atoms with van der Waals surface area (Å²) in [5.41, 5.74) is 1.06. The van der Waals surface area contributed by atoms with Crippen LogP contribution in [0.1, 0.15) is 50.1 Å². The van der Waals surface area contributed by atoms with Gasteiger partial charge in [0.15, 0.2) is 0 Å². The molecule has 0 unspecified atom stereocenters. The lowest BCUT2D eigenvalue weighted by molar-refractivity contribution is -0.119. The van der Waals surface area contributed by atoms with Crippen molar-refractivity contribution < 1.29 is 4.79 Å². The van der Waals surface area contributed by atoms with Gasteiger partial charge in [-0.2, -0.15) is 5.10 Å². The van der Waals surface area contributed by atoms with E-state index in [1.807, 2.05) is 17.8 Å². The summed E-state index contributed by atoms with van der Waals surface area (Å²) in [6.07, 6.45) is 12.7. The molecule has 2 aliphatic carbocycles. The number of nitrogens with zero attached hydrogens (tertiary/aromatic N) is 2. The fraction of sp³-hybridized carbons (Fsp3) is 0.600. The standard InChI is InChI=1S/C15H21N3O/c1-11-10-16-18(13-8-4-5-9-13)14(11)17-15(19)12-6-2-3-7-12/h2-3,10,12-13H,4-9H2,1H3,(H,17,19). The molecule has 1 fully saturated rings. The molecule has 0 atom stereocenters. The zero-order chi connectivity index (χ0) is 13.2. The highest BCUT2D eigenvalue weighted by Crippen LogP contribution is 2.33. The molecule has 1 heterocycles. The van der Waals surface area contributed by atoms with Crippen LogP contribution in [0, 0.1) is 12.8 Å². The van der Waals surface area contributed by atoms with Gasteiger partial charge < -0.3 is 5.32 Å². The maximum Gasteiger partial charge on any atom is 0.229 e. The number of carbonyl (C=O) groups excluding carboxylic acids is 1. The van der Waals surface area contributed by atoms with Gasteiger partial charge in [-0.15, -0.1) is 0 Å². The lowest BCUT2D eigenvalue weighted by Gasteiger charge is -2.17. The molecule has 0 aromatic carbocycles. The number of aryl methyl sites for hydroxylation is 1. The number of nitrogens with one attached hydrogen (secondary N) is 1. The lowest BCUT2D eigenvalue weighted by Crippen LogP contribution is -2.23. The van der Waals surface area contributed by atoms with Crippen LogP contribution in [0.2, 0.25) is 0 Å². The highest BCUT2D eigenvalue weighted by atomic mass is 16.2. The fourth-order valence-corrected chi connectivity index (χ4v) is 3.08. The summed E-state index contributed by atoms with van der Waals surface area (Å²) in [5.74, 6) is 1.14. The fourth-order valence-electron chi connectivity index (χ4n) is 3.08. The second-order valence-corrected chi connectivity index (χ2v) is 5.69. The van der Waals surface area contributed by atoms with E-state index >= 15 is 0 Å². The Morgan fingerprint density at radius 3 is 2.68 bits per heavy atom. The lowest BCUT2D eigenvalue weighted by atomic mass is 10.1. The summed E-state index contributed by atoms with van der Waals surface area (Å²) in [7, 11) is 0. The Morgan fingerprint density at radius 2 is 2.00 bits per heavy atom. The van der Waals surface area contributed by atoms with Gasteiger partial charge in [0.2, 0.25) is 5.91 Å². The minimum absolute atomic E-state index is 0.103. The minimum Gasteiger partial charge on any atom is -0.310 e. The second-order valence-electron chi connectivity index (χ2n) is 5.69. The molecule has 2 aliphatic rings. The molecule has 4 heteroatoms. The Balaban J connectivity index is 1.75. The van der Waals surface area contributed by atoms with Crippen LogP contribution in [0.25, 0.3) is 0 Å². The van der Waals surface area contributed by atoms with Gasteiger partial charge in [0, 0.05) is 11.5 Å². The molecular formula is C15H21N3O.